The lowest BCUT2D eigenvalue weighted by molar-refractivity contribution is 0.406. The standard InChI is InChI=1S/C14H17F2N/c15-10-7-11-13(12(16)8-10)17-9-14(11)5-3-1-2-4-6-14/h7-8,17H,1-6,9H2. The minimum absolute atomic E-state index is 0.0191. The second kappa shape index (κ2) is 3.97. The molecule has 92 valence electrons. The van der Waals surface area contributed by atoms with Crippen molar-refractivity contribution in [2.45, 2.75) is 43.9 Å². The largest absolute Gasteiger partial charge is 0.382 e. The molecule has 0 aromatic heterocycles. The van der Waals surface area contributed by atoms with Gasteiger partial charge in [-0.05, 0) is 24.5 Å². The van der Waals surface area contributed by atoms with Gasteiger partial charge in [-0.1, -0.05) is 25.7 Å². The zero-order valence-electron chi connectivity index (χ0n) is 9.86. The minimum atomic E-state index is -0.450. The lowest BCUT2D eigenvalue weighted by Gasteiger charge is -2.27. The Balaban J connectivity index is 2.07. The summed E-state index contributed by atoms with van der Waals surface area (Å²) in [4.78, 5) is 0. The number of anilines is 1. The molecule has 0 atom stereocenters. The first-order valence-electron chi connectivity index (χ1n) is 6.45. The Kier molecular flexibility index (Phi) is 2.57. The fraction of sp³-hybridized carbons (Fsp3) is 0.571. The molecule has 1 spiro atoms. The molecule has 1 aromatic rings. The van der Waals surface area contributed by atoms with Gasteiger partial charge in [-0.25, -0.2) is 8.78 Å². The lowest BCUT2D eigenvalue weighted by Crippen LogP contribution is -2.27. The molecule has 1 aromatic carbocycles. The highest BCUT2D eigenvalue weighted by atomic mass is 19.1. The summed E-state index contributed by atoms with van der Waals surface area (Å²) in [5.74, 6) is -0.894. The van der Waals surface area contributed by atoms with Crippen LogP contribution in [0.5, 0.6) is 0 Å². The first kappa shape index (κ1) is 11.0. The van der Waals surface area contributed by atoms with Gasteiger partial charge in [0.25, 0.3) is 0 Å². The topological polar surface area (TPSA) is 12.0 Å². The lowest BCUT2D eigenvalue weighted by atomic mass is 9.76. The maximum Gasteiger partial charge on any atom is 0.149 e. The molecule has 1 aliphatic heterocycles. The van der Waals surface area contributed by atoms with E-state index < -0.39 is 11.6 Å². The first-order chi connectivity index (χ1) is 8.21. The molecule has 0 unspecified atom stereocenters. The molecule has 17 heavy (non-hydrogen) atoms. The van der Waals surface area contributed by atoms with E-state index >= 15 is 0 Å². The molecule has 3 rings (SSSR count). The zero-order chi connectivity index (χ0) is 11.9. The maximum absolute atomic E-state index is 13.7. The second-order valence-corrected chi connectivity index (χ2v) is 5.36. The Bertz CT molecular complexity index is 434. The Morgan fingerprint density at radius 1 is 1.00 bits per heavy atom. The summed E-state index contributed by atoms with van der Waals surface area (Å²) in [7, 11) is 0. The van der Waals surface area contributed by atoms with Crippen molar-refractivity contribution < 1.29 is 8.78 Å². The fourth-order valence-corrected chi connectivity index (χ4v) is 3.38. The van der Waals surface area contributed by atoms with Gasteiger partial charge in [0, 0.05) is 18.0 Å². The van der Waals surface area contributed by atoms with Crippen molar-refractivity contribution in [2.75, 3.05) is 11.9 Å². The summed E-state index contributed by atoms with van der Waals surface area (Å²) in [5, 5.41) is 3.14. The zero-order valence-corrected chi connectivity index (χ0v) is 9.86. The highest BCUT2D eigenvalue weighted by Gasteiger charge is 2.40. The fourth-order valence-electron chi connectivity index (χ4n) is 3.38. The molecule has 0 saturated heterocycles. The molecule has 1 heterocycles. The minimum Gasteiger partial charge on any atom is -0.382 e. The van der Waals surface area contributed by atoms with Crippen LogP contribution < -0.4 is 5.32 Å². The average molecular weight is 237 g/mol. The number of fused-ring (bicyclic) bond motifs is 2. The van der Waals surface area contributed by atoms with Crippen LogP contribution in [-0.4, -0.2) is 6.54 Å². The molecule has 0 amide bonds. The summed E-state index contributed by atoms with van der Waals surface area (Å²) in [5.41, 5.74) is 1.39. The van der Waals surface area contributed by atoms with E-state index in [0.29, 0.717) is 5.69 Å². The van der Waals surface area contributed by atoms with Crippen molar-refractivity contribution in [1.29, 1.82) is 0 Å². The number of rotatable bonds is 0. The van der Waals surface area contributed by atoms with Crippen LogP contribution in [0, 0.1) is 11.6 Å². The first-order valence-corrected chi connectivity index (χ1v) is 6.45. The van der Waals surface area contributed by atoms with Gasteiger partial charge in [0.1, 0.15) is 11.6 Å². The molecule has 1 saturated carbocycles. The molecule has 3 heteroatoms. The van der Waals surface area contributed by atoms with E-state index in [0.717, 1.165) is 31.0 Å². The van der Waals surface area contributed by atoms with Crippen molar-refractivity contribution in [1.82, 2.24) is 0 Å². The third-order valence-electron chi connectivity index (χ3n) is 4.29. The van der Waals surface area contributed by atoms with Crippen LogP contribution in [0.4, 0.5) is 14.5 Å². The number of benzene rings is 1. The third-order valence-corrected chi connectivity index (χ3v) is 4.29. The molecule has 1 aliphatic carbocycles. The monoisotopic (exact) mass is 237 g/mol. The van der Waals surface area contributed by atoms with Crippen LogP contribution in [0.2, 0.25) is 0 Å². The molecule has 1 fully saturated rings. The quantitative estimate of drug-likeness (QED) is 0.719. The molecule has 1 N–H and O–H groups in total. The van der Waals surface area contributed by atoms with Crippen LogP contribution in [0.25, 0.3) is 0 Å². The Labute approximate surface area is 100 Å². The van der Waals surface area contributed by atoms with Gasteiger partial charge in [-0.15, -0.1) is 0 Å². The van der Waals surface area contributed by atoms with Gasteiger partial charge in [-0.2, -0.15) is 0 Å². The number of hydrogen-bond acceptors (Lipinski definition) is 1. The summed E-state index contributed by atoms with van der Waals surface area (Å²) >= 11 is 0. The Morgan fingerprint density at radius 3 is 2.41 bits per heavy atom. The molecule has 2 aliphatic rings. The average Bonchev–Trinajstić information content (AvgIpc) is 2.49. The Hall–Kier alpha value is -1.12. The smallest absolute Gasteiger partial charge is 0.149 e. The van der Waals surface area contributed by atoms with E-state index in [2.05, 4.69) is 5.32 Å². The highest BCUT2D eigenvalue weighted by molar-refractivity contribution is 5.61. The Morgan fingerprint density at radius 2 is 1.71 bits per heavy atom. The van der Waals surface area contributed by atoms with Crippen molar-refractivity contribution in [3.05, 3.63) is 29.3 Å². The van der Waals surface area contributed by atoms with Crippen LogP contribution in [0.1, 0.15) is 44.1 Å². The predicted molar refractivity (Wildman–Crippen MR) is 64.2 cm³/mol. The van der Waals surface area contributed by atoms with Crippen molar-refractivity contribution in [3.8, 4) is 0 Å². The van der Waals surface area contributed by atoms with Crippen molar-refractivity contribution >= 4 is 5.69 Å². The normalized spacial score (nSPS) is 22.0. The van der Waals surface area contributed by atoms with E-state index in [1.54, 1.807) is 0 Å². The SMILES string of the molecule is Fc1cc(F)c2c(c1)C1(CCCCCC1)CN2. The molecule has 0 bridgehead atoms. The molecule has 0 radical (unpaired) electrons. The van der Waals surface area contributed by atoms with Gasteiger partial charge in [0.2, 0.25) is 0 Å². The molecule has 1 nitrogen and oxygen atoms in total. The van der Waals surface area contributed by atoms with Gasteiger partial charge in [-0.3, -0.25) is 0 Å². The summed E-state index contributed by atoms with van der Waals surface area (Å²) in [6.45, 7) is 0.767. The number of hydrogen-bond donors (Lipinski definition) is 1. The summed E-state index contributed by atoms with van der Waals surface area (Å²) in [6, 6.07) is 2.51. The number of halogens is 2. The van der Waals surface area contributed by atoms with Gasteiger partial charge >= 0.3 is 0 Å². The summed E-state index contributed by atoms with van der Waals surface area (Å²) < 4.78 is 27.1. The van der Waals surface area contributed by atoms with Crippen molar-refractivity contribution in [3.63, 3.8) is 0 Å². The van der Waals surface area contributed by atoms with E-state index in [1.165, 1.54) is 31.7 Å². The molecular formula is C14H17F2N. The van der Waals surface area contributed by atoms with E-state index in [1.807, 2.05) is 0 Å². The van der Waals surface area contributed by atoms with Crippen LogP contribution in [0.3, 0.4) is 0 Å². The number of nitrogens with one attached hydrogen (secondary N) is 1. The van der Waals surface area contributed by atoms with Crippen LogP contribution >= 0.6 is 0 Å². The summed E-state index contributed by atoms with van der Waals surface area (Å²) in [6.07, 6.45) is 6.92. The third kappa shape index (κ3) is 1.72. The van der Waals surface area contributed by atoms with E-state index in [9.17, 15) is 8.78 Å². The van der Waals surface area contributed by atoms with Gasteiger partial charge < -0.3 is 5.32 Å². The maximum atomic E-state index is 13.7. The highest BCUT2D eigenvalue weighted by Crippen LogP contribution is 2.46. The molecular weight excluding hydrogens is 220 g/mol. The van der Waals surface area contributed by atoms with Gasteiger partial charge in [0.05, 0.1) is 5.69 Å². The van der Waals surface area contributed by atoms with E-state index in [4.69, 9.17) is 0 Å². The van der Waals surface area contributed by atoms with Crippen LogP contribution in [0.15, 0.2) is 12.1 Å². The van der Waals surface area contributed by atoms with Crippen molar-refractivity contribution in [2.24, 2.45) is 0 Å². The van der Waals surface area contributed by atoms with Crippen LogP contribution in [-0.2, 0) is 5.41 Å². The van der Waals surface area contributed by atoms with E-state index in [-0.39, 0.29) is 5.41 Å². The van der Waals surface area contributed by atoms with Gasteiger partial charge in [0.15, 0.2) is 0 Å². The second-order valence-electron chi connectivity index (χ2n) is 5.36. The predicted octanol–water partition coefficient (Wildman–Crippen LogP) is 3.98.